The van der Waals surface area contributed by atoms with Crippen LogP contribution in [0.2, 0.25) is 0 Å². The molecule has 0 aromatic carbocycles. The summed E-state index contributed by atoms with van der Waals surface area (Å²) in [6.07, 6.45) is 4.12. The van der Waals surface area contributed by atoms with Gasteiger partial charge in [-0.05, 0) is 18.6 Å². The molecule has 1 heterocycles. The average molecular weight is 252 g/mol. The van der Waals surface area contributed by atoms with Crippen LogP contribution in [0.15, 0.2) is 35.5 Å². The highest BCUT2D eigenvalue weighted by Gasteiger charge is 1.99. The molecule has 5 heteroatoms. The number of carbonyl (C=O) groups is 1. The molecule has 0 aliphatic carbocycles. The Balaban J connectivity index is 1.89. The van der Waals surface area contributed by atoms with Gasteiger partial charge < -0.3 is 19.8 Å². The number of hydrogen-bond donors (Lipinski definition) is 2. The fraction of sp³-hybridized carbons (Fsp3) is 0.462. The third-order valence-electron chi connectivity index (χ3n) is 2.19. The van der Waals surface area contributed by atoms with E-state index < -0.39 is 0 Å². The maximum absolute atomic E-state index is 11.3. The molecule has 18 heavy (non-hydrogen) atoms. The van der Waals surface area contributed by atoms with E-state index in [0.717, 1.165) is 12.2 Å². The van der Waals surface area contributed by atoms with Crippen molar-refractivity contribution in [2.45, 2.75) is 13.0 Å². The minimum atomic E-state index is -0.0112. The van der Waals surface area contributed by atoms with Crippen molar-refractivity contribution in [2.75, 3.05) is 26.2 Å². The normalized spacial score (nSPS) is 10.2. The second-order valence-corrected chi connectivity index (χ2v) is 3.76. The van der Waals surface area contributed by atoms with Crippen molar-refractivity contribution in [1.29, 1.82) is 0 Å². The van der Waals surface area contributed by atoms with Crippen molar-refractivity contribution < 1.29 is 13.9 Å². The van der Waals surface area contributed by atoms with Gasteiger partial charge in [0.05, 0.1) is 12.8 Å². The quantitative estimate of drug-likeness (QED) is 0.483. The summed E-state index contributed by atoms with van der Waals surface area (Å²) < 4.78 is 10.5. The lowest BCUT2D eigenvalue weighted by Crippen LogP contribution is -2.34. The highest BCUT2D eigenvalue weighted by atomic mass is 16.5. The van der Waals surface area contributed by atoms with E-state index in [0.29, 0.717) is 32.8 Å². The van der Waals surface area contributed by atoms with Gasteiger partial charge in [-0.15, -0.1) is 6.58 Å². The van der Waals surface area contributed by atoms with Crippen molar-refractivity contribution in [3.05, 3.63) is 36.8 Å². The zero-order chi connectivity index (χ0) is 13.1. The van der Waals surface area contributed by atoms with E-state index in [1.807, 2.05) is 12.1 Å². The molecular formula is C13H20N2O3. The van der Waals surface area contributed by atoms with Gasteiger partial charge in [-0.2, -0.15) is 0 Å². The van der Waals surface area contributed by atoms with Gasteiger partial charge in [0, 0.05) is 19.7 Å². The fourth-order valence-electron chi connectivity index (χ4n) is 1.32. The van der Waals surface area contributed by atoms with E-state index in [1.165, 1.54) is 0 Å². The molecule has 0 bridgehead atoms. The van der Waals surface area contributed by atoms with Gasteiger partial charge in [-0.3, -0.25) is 4.79 Å². The third-order valence-corrected chi connectivity index (χ3v) is 2.19. The molecule has 0 unspecified atom stereocenters. The Morgan fingerprint density at radius 3 is 3.17 bits per heavy atom. The van der Waals surface area contributed by atoms with Gasteiger partial charge in [0.15, 0.2) is 0 Å². The number of hydrogen-bond acceptors (Lipinski definition) is 4. The summed E-state index contributed by atoms with van der Waals surface area (Å²) in [5.41, 5.74) is 0. The van der Waals surface area contributed by atoms with Gasteiger partial charge in [0.1, 0.15) is 12.4 Å². The van der Waals surface area contributed by atoms with Gasteiger partial charge in [-0.1, -0.05) is 6.08 Å². The van der Waals surface area contributed by atoms with Gasteiger partial charge >= 0.3 is 0 Å². The smallest absolute Gasteiger partial charge is 0.233 e. The zero-order valence-electron chi connectivity index (χ0n) is 10.5. The number of carbonyl (C=O) groups excluding carboxylic acids is 1. The molecule has 0 spiro atoms. The summed E-state index contributed by atoms with van der Waals surface area (Å²) in [4.78, 5) is 11.3. The van der Waals surface area contributed by atoms with Crippen LogP contribution in [0, 0.1) is 0 Å². The lowest BCUT2D eigenvalue weighted by molar-refractivity contribution is -0.120. The second-order valence-electron chi connectivity index (χ2n) is 3.76. The maximum atomic E-state index is 11.3. The molecule has 0 atom stereocenters. The summed E-state index contributed by atoms with van der Waals surface area (Å²) in [6.45, 7) is 6.20. The van der Waals surface area contributed by atoms with Crippen molar-refractivity contribution >= 4 is 5.91 Å². The van der Waals surface area contributed by atoms with Crippen LogP contribution < -0.4 is 10.6 Å². The molecule has 2 N–H and O–H groups in total. The average Bonchev–Trinajstić information content (AvgIpc) is 2.87. The highest BCUT2D eigenvalue weighted by Crippen LogP contribution is 2.01. The minimum absolute atomic E-state index is 0.0112. The van der Waals surface area contributed by atoms with E-state index in [4.69, 9.17) is 9.15 Å². The summed E-state index contributed by atoms with van der Waals surface area (Å²) in [6, 6.07) is 3.70. The Bertz CT molecular complexity index is 336. The van der Waals surface area contributed by atoms with Crippen LogP contribution in [0.25, 0.3) is 0 Å². The molecule has 1 aromatic rings. The molecule has 0 fully saturated rings. The lowest BCUT2D eigenvalue weighted by Gasteiger charge is -2.05. The van der Waals surface area contributed by atoms with Crippen LogP contribution in [0.4, 0.5) is 0 Å². The van der Waals surface area contributed by atoms with Crippen LogP contribution >= 0.6 is 0 Å². The van der Waals surface area contributed by atoms with Crippen molar-refractivity contribution in [1.82, 2.24) is 10.6 Å². The molecule has 1 amide bonds. The Morgan fingerprint density at radius 2 is 2.44 bits per heavy atom. The third kappa shape index (κ3) is 6.88. The standard InChI is InChI=1S/C13H20N2O3/c1-2-6-14-10-13(16)15-7-4-8-17-11-12-5-3-9-18-12/h2-3,5,9,14H,1,4,6-8,10-11H2,(H,15,16). The molecule has 0 aliphatic heterocycles. The summed E-state index contributed by atoms with van der Waals surface area (Å²) in [5.74, 6) is 0.801. The second kappa shape index (κ2) is 9.44. The predicted molar refractivity (Wildman–Crippen MR) is 69.1 cm³/mol. The topological polar surface area (TPSA) is 63.5 Å². The van der Waals surface area contributed by atoms with E-state index in [2.05, 4.69) is 17.2 Å². The number of rotatable bonds is 10. The first-order valence-electron chi connectivity index (χ1n) is 6.01. The van der Waals surface area contributed by atoms with Crippen LogP contribution in [-0.2, 0) is 16.1 Å². The number of furan rings is 1. The minimum Gasteiger partial charge on any atom is -0.467 e. The van der Waals surface area contributed by atoms with Gasteiger partial charge in [0.25, 0.3) is 0 Å². The monoisotopic (exact) mass is 252 g/mol. The molecule has 100 valence electrons. The molecule has 5 nitrogen and oxygen atoms in total. The molecule has 1 aromatic heterocycles. The van der Waals surface area contributed by atoms with Gasteiger partial charge in [0.2, 0.25) is 5.91 Å². The van der Waals surface area contributed by atoms with Gasteiger partial charge in [-0.25, -0.2) is 0 Å². The van der Waals surface area contributed by atoms with Crippen LogP contribution in [0.5, 0.6) is 0 Å². The molecule has 0 saturated carbocycles. The van der Waals surface area contributed by atoms with Crippen LogP contribution in [-0.4, -0.2) is 32.1 Å². The first kappa shape index (κ1) is 14.5. The number of amides is 1. The fourth-order valence-corrected chi connectivity index (χ4v) is 1.32. The molecule has 1 rings (SSSR count). The van der Waals surface area contributed by atoms with E-state index >= 15 is 0 Å². The van der Waals surface area contributed by atoms with E-state index in [-0.39, 0.29) is 5.91 Å². The van der Waals surface area contributed by atoms with Crippen molar-refractivity contribution in [2.24, 2.45) is 0 Å². The summed E-state index contributed by atoms with van der Waals surface area (Å²) >= 11 is 0. The molecule has 0 saturated heterocycles. The Labute approximate surface area is 107 Å². The van der Waals surface area contributed by atoms with Crippen LogP contribution in [0.1, 0.15) is 12.2 Å². The SMILES string of the molecule is C=CCNCC(=O)NCCCOCc1ccco1. The largest absolute Gasteiger partial charge is 0.467 e. The summed E-state index contributed by atoms with van der Waals surface area (Å²) in [7, 11) is 0. The first-order valence-corrected chi connectivity index (χ1v) is 6.01. The Hall–Kier alpha value is -1.59. The van der Waals surface area contributed by atoms with E-state index in [9.17, 15) is 4.79 Å². The number of ether oxygens (including phenoxy) is 1. The Kier molecular flexibility index (Phi) is 7.59. The molecule has 0 aliphatic rings. The number of nitrogens with one attached hydrogen (secondary N) is 2. The van der Waals surface area contributed by atoms with Crippen molar-refractivity contribution in [3.63, 3.8) is 0 Å². The van der Waals surface area contributed by atoms with E-state index in [1.54, 1.807) is 12.3 Å². The molecular weight excluding hydrogens is 232 g/mol. The summed E-state index contributed by atoms with van der Waals surface area (Å²) in [5, 5.41) is 5.73. The predicted octanol–water partition coefficient (Wildman–Crippen LogP) is 1.08. The first-order chi connectivity index (χ1) is 8.83. The Morgan fingerprint density at radius 1 is 1.56 bits per heavy atom. The maximum Gasteiger partial charge on any atom is 0.233 e. The highest BCUT2D eigenvalue weighted by molar-refractivity contribution is 5.77. The van der Waals surface area contributed by atoms with Crippen molar-refractivity contribution in [3.8, 4) is 0 Å². The lowest BCUT2D eigenvalue weighted by atomic mass is 10.4. The van der Waals surface area contributed by atoms with Crippen LogP contribution in [0.3, 0.4) is 0 Å². The molecule has 0 radical (unpaired) electrons. The zero-order valence-corrected chi connectivity index (χ0v) is 10.5.